The zero-order chi connectivity index (χ0) is 7.82. The third-order valence-electron chi connectivity index (χ3n) is 0.809. The fourth-order valence-corrected chi connectivity index (χ4v) is 0.368. The normalized spacial score (nSPS) is 9.00. The fourth-order valence-electron chi connectivity index (χ4n) is 0.368. The molecule has 0 rings (SSSR count). The minimum absolute atomic E-state index is 0.273. The second kappa shape index (κ2) is 6.35. The summed E-state index contributed by atoms with van der Waals surface area (Å²) in [6, 6.07) is 0. The van der Waals surface area contributed by atoms with E-state index in [-0.39, 0.29) is 6.61 Å². The zero-order valence-electron chi connectivity index (χ0n) is 6.05. The Balaban J connectivity index is 2.96. The summed E-state index contributed by atoms with van der Waals surface area (Å²) in [6.45, 7) is 4.52. The first-order valence-corrected chi connectivity index (χ1v) is 3.02. The van der Waals surface area contributed by atoms with Crippen molar-refractivity contribution >= 4 is 6.09 Å². The first-order chi connectivity index (χ1) is 4.81. The summed E-state index contributed by atoms with van der Waals surface area (Å²) in [7, 11) is 1.50. The number of alkyl carbamates (subject to hydrolysis) is 1. The Bertz CT molecular complexity index is 95.0. The van der Waals surface area contributed by atoms with E-state index in [1.807, 2.05) is 0 Å². The van der Waals surface area contributed by atoms with Crippen molar-refractivity contribution in [2.24, 2.45) is 0 Å². The van der Waals surface area contributed by atoms with Gasteiger partial charge in [-0.05, 0) is 6.92 Å². The standard InChI is InChI=1S/C6H12NO3/c1-3-9-4-5-10-6(8)7-2/h1,3-5H2,2H3,(H,7,8). The molecule has 4 nitrogen and oxygen atoms in total. The van der Waals surface area contributed by atoms with Crippen LogP contribution in [0.3, 0.4) is 0 Å². The van der Waals surface area contributed by atoms with Gasteiger partial charge in [0.25, 0.3) is 0 Å². The van der Waals surface area contributed by atoms with Gasteiger partial charge in [-0.3, -0.25) is 0 Å². The van der Waals surface area contributed by atoms with Gasteiger partial charge in [-0.25, -0.2) is 4.79 Å². The van der Waals surface area contributed by atoms with E-state index in [9.17, 15) is 4.79 Å². The van der Waals surface area contributed by atoms with Crippen molar-refractivity contribution in [3.8, 4) is 0 Å². The van der Waals surface area contributed by atoms with Gasteiger partial charge in [-0.2, -0.15) is 0 Å². The van der Waals surface area contributed by atoms with Crippen LogP contribution in [-0.2, 0) is 9.47 Å². The molecule has 0 heterocycles. The van der Waals surface area contributed by atoms with E-state index < -0.39 is 6.09 Å². The molecule has 0 fully saturated rings. The summed E-state index contributed by atoms with van der Waals surface area (Å²) < 4.78 is 9.40. The van der Waals surface area contributed by atoms with Crippen molar-refractivity contribution < 1.29 is 14.3 Å². The van der Waals surface area contributed by atoms with Crippen LogP contribution in [0.2, 0.25) is 0 Å². The molecule has 0 aromatic carbocycles. The molecule has 1 radical (unpaired) electrons. The Hall–Kier alpha value is -0.770. The number of hydrogen-bond donors (Lipinski definition) is 1. The quantitative estimate of drug-likeness (QED) is 0.576. The third kappa shape index (κ3) is 5.37. The zero-order valence-corrected chi connectivity index (χ0v) is 6.05. The van der Waals surface area contributed by atoms with Crippen LogP contribution in [0, 0.1) is 6.92 Å². The predicted octanol–water partition coefficient (Wildman–Crippen LogP) is 0.193. The number of amides is 1. The van der Waals surface area contributed by atoms with E-state index in [1.54, 1.807) is 0 Å². The Morgan fingerprint density at radius 1 is 1.60 bits per heavy atom. The monoisotopic (exact) mass is 146 g/mol. The summed E-state index contributed by atoms with van der Waals surface area (Å²) in [5, 5.41) is 2.31. The first-order valence-electron chi connectivity index (χ1n) is 3.02. The molecule has 0 saturated heterocycles. The van der Waals surface area contributed by atoms with E-state index >= 15 is 0 Å². The third-order valence-corrected chi connectivity index (χ3v) is 0.809. The van der Waals surface area contributed by atoms with Crippen molar-refractivity contribution in [2.45, 2.75) is 0 Å². The van der Waals surface area contributed by atoms with Crippen LogP contribution in [0.15, 0.2) is 0 Å². The highest BCUT2D eigenvalue weighted by atomic mass is 16.6. The van der Waals surface area contributed by atoms with Crippen LogP contribution in [0.4, 0.5) is 4.79 Å². The Labute approximate surface area is 60.5 Å². The highest BCUT2D eigenvalue weighted by Gasteiger charge is 1.94. The molecule has 0 atom stereocenters. The molecule has 10 heavy (non-hydrogen) atoms. The second-order valence-corrected chi connectivity index (χ2v) is 1.50. The molecular weight excluding hydrogens is 134 g/mol. The van der Waals surface area contributed by atoms with E-state index in [1.165, 1.54) is 7.05 Å². The van der Waals surface area contributed by atoms with Gasteiger partial charge in [0.15, 0.2) is 0 Å². The van der Waals surface area contributed by atoms with E-state index in [2.05, 4.69) is 17.0 Å². The first kappa shape index (κ1) is 9.23. The molecule has 0 aromatic heterocycles. The molecule has 0 aromatic rings. The SMILES string of the molecule is [CH2]COCCOC(=O)NC. The fraction of sp³-hybridized carbons (Fsp3) is 0.667. The Morgan fingerprint density at radius 2 is 2.30 bits per heavy atom. The number of rotatable bonds is 4. The van der Waals surface area contributed by atoms with Gasteiger partial charge in [0.05, 0.1) is 6.61 Å². The van der Waals surface area contributed by atoms with Gasteiger partial charge in [0.1, 0.15) is 6.61 Å². The minimum Gasteiger partial charge on any atom is -0.447 e. The molecule has 4 heteroatoms. The van der Waals surface area contributed by atoms with Crippen LogP contribution in [-0.4, -0.2) is 33.0 Å². The van der Waals surface area contributed by atoms with Crippen molar-refractivity contribution in [2.75, 3.05) is 26.9 Å². The molecule has 0 aliphatic carbocycles. The van der Waals surface area contributed by atoms with Gasteiger partial charge in [-0.15, -0.1) is 0 Å². The highest BCUT2D eigenvalue weighted by Crippen LogP contribution is 1.77. The topological polar surface area (TPSA) is 47.6 Å². The maximum Gasteiger partial charge on any atom is 0.406 e. The molecule has 0 bridgehead atoms. The minimum atomic E-state index is -0.437. The average molecular weight is 146 g/mol. The maximum absolute atomic E-state index is 10.4. The lowest BCUT2D eigenvalue weighted by molar-refractivity contribution is 0.0856. The van der Waals surface area contributed by atoms with Crippen molar-refractivity contribution in [1.29, 1.82) is 0 Å². The summed E-state index contributed by atoms with van der Waals surface area (Å²) in [5.41, 5.74) is 0. The molecule has 1 amide bonds. The predicted molar refractivity (Wildman–Crippen MR) is 36.6 cm³/mol. The van der Waals surface area contributed by atoms with Crippen molar-refractivity contribution in [1.82, 2.24) is 5.32 Å². The number of carbonyl (C=O) groups is 1. The van der Waals surface area contributed by atoms with Gasteiger partial charge < -0.3 is 14.8 Å². The smallest absolute Gasteiger partial charge is 0.406 e. The Morgan fingerprint density at radius 3 is 2.80 bits per heavy atom. The number of carbonyl (C=O) groups excluding carboxylic acids is 1. The molecule has 1 N–H and O–H groups in total. The van der Waals surface area contributed by atoms with Crippen LogP contribution >= 0.6 is 0 Å². The molecule has 0 unspecified atom stereocenters. The summed E-state index contributed by atoms with van der Waals surface area (Å²) in [4.78, 5) is 10.4. The van der Waals surface area contributed by atoms with Gasteiger partial charge in [0, 0.05) is 13.7 Å². The van der Waals surface area contributed by atoms with E-state index in [0.717, 1.165) is 0 Å². The second-order valence-electron chi connectivity index (χ2n) is 1.50. The van der Waals surface area contributed by atoms with Crippen LogP contribution in [0.5, 0.6) is 0 Å². The molecule has 0 aliphatic heterocycles. The van der Waals surface area contributed by atoms with Gasteiger partial charge in [0.2, 0.25) is 0 Å². The molecule has 0 saturated carbocycles. The highest BCUT2D eigenvalue weighted by molar-refractivity contribution is 5.66. The maximum atomic E-state index is 10.4. The molecule has 0 aliphatic rings. The van der Waals surface area contributed by atoms with E-state index in [0.29, 0.717) is 13.2 Å². The molecule has 59 valence electrons. The van der Waals surface area contributed by atoms with Crippen molar-refractivity contribution in [3.05, 3.63) is 6.92 Å². The lowest BCUT2D eigenvalue weighted by Gasteiger charge is -2.02. The van der Waals surface area contributed by atoms with Gasteiger partial charge in [-0.1, -0.05) is 0 Å². The van der Waals surface area contributed by atoms with E-state index in [4.69, 9.17) is 4.74 Å². The van der Waals surface area contributed by atoms with Crippen LogP contribution < -0.4 is 5.32 Å². The molecule has 0 spiro atoms. The summed E-state index contributed by atoms with van der Waals surface area (Å²) in [6.07, 6.45) is -0.437. The van der Waals surface area contributed by atoms with Crippen LogP contribution in [0.1, 0.15) is 0 Å². The van der Waals surface area contributed by atoms with Gasteiger partial charge >= 0.3 is 6.09 Å². The number of nitrogens with one attached hydrogen (secondary N) is 1. The Kier molecular flexibility index (Phi) is 5.86. The lowest BCUT2D eigenvalue weighted by Crippen LogP contribution is -2.21. The largest absolute Gasteiger partial charge is 0.447 e. The number of ether oxygens (including phenoxy) is 2. The summed E-state index contributed by atoms with van der Waals surface area (Å²) >= 11 is 0. The number of hydrogen-bond acceptors (Lipinski definition) is 3. The summed E-state index contributed by atoms with van der Waals surface area (Å²) in [5.74, 6) is 0. The average Bonchev–Trinajstić information content (AvgIpc) is 1.98. The van der Waals surface area contributed by atoms with Crippen molar-refractivity contribution in [3.63, 3.8) is 0 Å². The molecular formula is C6H12NO3. The lowest BCUT2D eigenvalue weighted by atomic mass is 10.7. The van der Waals surface area contributed by atoms with Crippen LogP contribution in [0.25, 0.3) is 0 Å².